The van der Waals surface area contributed by atoms with Crippen LogP contribution in [0.25, 0.3) is 49.3 Å². The Morgan fingerprint density at radius 1 is 0.441 bits per heavy atom. The van der Waals surface area contributed by atoms with E-state index in [0.717, 1.165) is 0 Å². The zero-order valence-electron chi connectivity index (χ0n) is 22.1. The molecule has 0 bridgehead atoms. The number of nitrogens with one attached hydrogen (secondary N) is 1. The number of fused-ring (bicyclic) bond motifs is 6. The van der Waals surface area contributed by atoms with Gasteiger partial charge in [-0.15, -0.1) is 0 Å². The van der Waals surface area contributed by atoms with Gasteiger partial charge >= 0.3 is 0 Å². The van der Waals surface area contributed by atoms with E-state index in [2.05, 4.69) is 101 Å². The number of aromatic nitrogens is 2. The van der Waals surface area contributed by atoms with E-state index < -0.39 is 0 Å². The van der Waals surface area contributed by atoms with Crippen molar-refractivity contribution in [2.45, 2.75) is 55.4 Å². The number of rotatable bonds is 1. The fourth-order valence-corrected chi connectivity index (χ4v) is 4.17. The van der Waals surface area contributed by atoms with Gasteiger partial charge in [0.15, 0.2) is 0 Å². The summed E-state index contributed by atoms with van der Waals surface area (Å²) in [7, 11) is 0. The second kappa shape index (κ2) is 13.3. The lowest BCUT2D eigenvalue weighted by atomic mass is 10.1. The van der Waals surface area contributed by atoms with E-state index in [0.29, 0.717) is 0 Å². The summed E-state index contributed by atoms with van der Waals surface area (Å²) in [5, 5.41) is 5.11. The summed E-state index contributed by atoms with van der Waals surface area (Å²) in [6.45, 7) is 16.0. The molecular formula is C32H40N2. The Morgan fingerprint density at radius 3 is 1.68 bits per heavy atom. The van der Waals surface area contributed by atoms with Gasteiger partial charge < -0.3 is 9.55 Å². The topological polar surface area (TPSA) is 20.7 Å². The maximum absolute atomic E-state index is 3.57. The van der Waals surface area contributed by atoms with Crippen LogP contribution in [0.3, 0.4) is 0 Å². The van der Waals surface area contributed by atoms with Crippen LogP contribution in [0.2, 0.25) is 0 Å². The summed E-state index contributed by atoms with van der Waals surface area (Å²) in [4.78, 5) is 3.57. The van der Waals surface area contributed by atoms with Crippen molar-refractivity contribution < 1.29 is 0 Å². The second-order valence-electron chi connectivity index (χ2n) is 6.77. The quantitative estimate of drug-likeness (QED) is 0.256. The molecular weight excluding hydrogens is 412 g/mol. The molecule has 0 spiro atoms. The second-order valence-corrected chi connectivity index (χ2v) is 6.77. The highest BCUT2D eigenvalue weighted by atomic mass is 15.0. The number of aromatic amines is 1. The third kappa shape index (κ3) is 4.87. The van der Waals surface area contributed by atoms with Crippen LogP contribution >= 0.6 is 0 Å². The smallest absolute Gasteiger partial charge is 0.0548 e. The van der Waals surface area contributed by atoms with Crippen molar-refractivity contribution in [3.8, 4) is 5.69 Å². The van der Waals surface area contributed by atoms with Gasteiger partial charge in [-0.1, -0.05) is 110 Å². The molecule has 2 aromatic heterocycles. The molecule has 178 valence electrons. The van der Waals surface area contributed by atoms with E-state index in [-0.39, 0.29) is 0 Å². The van der Waals surface area contributed by atoms with Crippen molar-refractivity contribution in [2.24, 2.45) is 0 Å². The van der Waals surface area contributed by atoms with Crippen molar-refractivity contribution >= 4 is 43.6 Å². The van der Waals surface area contributed by atoms with Crippen LogP contribution in [0.15, 0.2) is 91.0 Å². The Hall–Kier alpha value is -3.52. The Kier molecular flexibility index (Phi) is 10.4. The lowest BCUT2D eigenvalue weighted by molar-refractivity contribution is 1.18. The zero-order chi connectivity index (χ0) is 25.1. The fraction of sp³-hybridized carbons (Fsp3) is 0.250. The van der Waals surface area contributed by atoms with E-state index in [1.54, 1.807) is 0 Å². The average molecular weight is 453 g/mol. The number of H-pyrrole nitrogens is 1. The Bertz CT molecular complexity index is 1420. The normalized spacial score (nSPS) is 9.76. The first kappa shape index (κ1) is 26.7. The van der Waals surface area contributed by atoms with Gasteiger partial charge in [-0.2, -0.15) is 0 Å². The maximum Gasteiger partial charge on any atom is 0.0548 e. The molecule has 6 rings (SSSR count). The van der Waals surface area contributed by atoms with Crippen LogP contribution in [-0.2, 0) is 0 Å². The Balaban J connectivity index is 0.000000467. The molecule has 0 radical (unpaired) electrons. The summed E-state index contributed by atoms with van der Waals surface area (Å²) < 4.78 is 2.37. The molecule has 1 N–H and O–H groups in total. The summed E-state index contributed by atoms with van der Waals surface area (Å²) in [6.07, 6.45) is 0. The number of nitrogens with zero attached hydrogens (tertiary/aromatic N) is 1. The van der Waals surface area contributed by atoms with Crippen molar-refractivity contribution in [3.63, 3.8) is 0 Å². The van der Waals surface area contributed by atoms with Crippen LogP contribution in [0.4, 0.5) is 0 Å². The van der Waals surface area contributed by atoms with E-state index in [9.17, 15) is 0 Å². The zero-order valence-corrected chi connectivity index (χ0v) is 22.1. The summed E-state index contributed by atoms with van der Waals surface area (Å²) in [6, 6.07) is 32.4. The van der Waals surface area contributed by atoms with E-state index >= 15 is 0 Å². The first-order valence-electron chi connectivity index (χ1n) is 12.9. The predicted molar refractivity (Wildman–Crippen MR) is 156 cm³/mol. The highest BCUT2D eigenvalue weighted by Crippen LogP contribution is 2.36. The average Bonchev–Trinajstić information content (AvgIpc) is 3.47. The first-order chi connectivity index (χ1) is 16.9. The lowest BCUT2D eigenvalue weighted by Gasteiger charge is -2.07. The molecule has 2 heterocycles. The molecule has 2 heteroatoms. The van der Waals surface area contributed by atoms with Crippen LogP contribution < -0.4 is 0 Å². The van der Waals surface area contributed by atoms with Gasteiger partial charge in [-0.3, -0.25) is 0 Å². The molecule has 0 aliphatic rings. The number of hydrogen-bond donors (Lipinski definition) is 1. The van der Waals surface area contributed by atoms with E-state index in [4.69, 9.17) is 0 Å². The van der Waals surface area contributed by atoms with Crippen LogP contribution in [0.1, 0.15) is 55.4 Å². The highest BCUT2D eigenvalue weighted by Gasteiger charge is 2.14. The third-order valence-corrected chi connectivity index (χ3v) is 5.31. The standard InChI is InChI=1S/C24H16N2.4C2H6/c1-2-8-16(9-3-1)26-23-13-7-5-11-18(23)20-14-22-19(15-24(20)26)17-10-4-6-12-21(17)25-22;4*1-2/h1-15,25H;4*1-2H3. The van der Waals surface area contributed by atoms with E-state index in [1.807, 2.05) is 55.4 Å². The van der Waals surface area contributed by atoms with Gasteiger partial charge in [0.25, 0.3) is 0 Å². The van der Waals surface area contributed by atoms with Gasteiger partial charge in [0, 0.05) is 38.3 Å². The summed E-state index contributed by atoms with van der Waals surface area (Å²) in [5.41, 5.74) is 6.05. The molecule has 0 amide bonds. The number of hydrogen-bond acceptors (Lipinski definition) is 0. The molecule has 0 fully saturated rings. The Labute approximate surface area is 205 Å². The van der Waals surface area contributed by atoms with Gasteiger partial charge in [-0.25, -0.2) is 0 Å². The highest BCUT2D eigenvalue weighted by molar-refractivity contribution is 6.18. The van der Waals surface area contributed by atoms with Crippen molar-refractivity contribution in [3.05, 3.63) is 91.0 Å². The largest absolute Gasteiger partial charge is 0.354 e. The summed E-state index contributed by atoms with van der Waals surface area (Å²) in [5.74, 6) is 0. The Morgan fingerprint density at radius 2 is 1.00 bits per heavy atom. The van der Waals surface area contributed by atoms with Gasteiger partial charge in [0.2, 0.25) is 0 Å². The molecule has 0 unspecified atom stereocenters. The molecule has 6 aromatic rings. The number of benzene rings is 4. The molecule has 0 atom stereocenters. The van der Waals surface area contributed by atoms with Crippen molar-refractivity contribution in [2.75, 3.05) is 0 Å². The molecule has 0 aliphatic carbocycles. The monoisotopic (exact) mass is 452 g/mol. The van der Waals surface area contributed by atoms with Crippen molar-refractivity contribution in [1.29, 1.82) is 0 Å². The molecule has 0 aliphatic heterocycles. The van der Waals surface area contributed by atoms with Crippen molar-refractivity contribution in [1.82, 2.24) is 9.55 Å². The minimum absolute atomic E-state index is 1.19. The molecule has 4 aromatic carbocycles. The fourth-order valence-electron chi connectivity index (χ4n) is 4.17. The predicted octanol–water partition coefficient (Wildman–Crippen LogP) is 10.5. The van der Waals surface area contributed by atoms with Crippen LogP contribution in [-0.4, -0.2) is 9.55 Å². The maximum atomic E-state index is 3.57. The molecule has 0 saturated heterocycles. The SMILES string of the molecule is CC.CC.CC.CC.c1ccc(-n2c3ccccc3c3cc4[nH]c5ccccc5c4cc32)cc1. The number of para-hydroxylation sites is 3. The first-order valence-corrected chi connectivity index (χ1v) is 12.9. The van der Waals surface area contributed by atoms with Crippen LogP contribution in [0, 0.1) is 0 Å². The van der Waals surface area contributed by atoms with Gasteiger partial charge in [0.1, 0.15) is 0 Å². The summed E-state index contributed by atoms with van der Waals surface area (Å²) >= 11 is 0. The molecule has 2 nitrogen and oxygen atoms in total. The molecule has 0 saturated carbocycles. The lowest BCUT2D eigenvalue weighted by Crippen LogP contribution is -1.92. The van der Waals surface area contributed by atoms with E-state index in [1.165, 1.54) is 49.3 Å². The molecule has 34 heavy (non-hydrogen) atoms. The minimum Gasteiger partial charge on any atom is -0.354 e. The third-order valence-electron chi connectivity index (χ3n) is 5.31. The minimum atomic E-state index is 1.19. The van der Waals surface area contributed by atoms with Crippen LogP contribution in [0.5, 0.6) is 0 Å². The van der Waals surface area contributed by atoms with Gasteiger partial charge in [-0.05, 0) is 36.4 Å². The van der Waals surface area contributed by atoms with Gasteiger partial charge in [0.05, 0.1) is 11.0 Å².